The van der Waals surface area contributed by atoms with E-state index in [9.17, 15) is 9.18 Å². The number of hydrogen-bond acceptors (Lipinski definition) is 3. The molecular weight excluding hydrogens is 391 g/mol. The molecule has 0 saturated heterocycles. The SMILES string of the molecule is Cn1ncc2c(C(=O)NCCc3ccc(F)cc3)cc(-c3ccc(Cl)cc3)nc21. The van der Waals surface area contributed by atoms with Crippen molar-refractivity contribution in [3.05, 3.63) is 82.8 Å². The van der Waals surface area contributed by atoms with Crippen LogP contribution in [0.2, 0.25) is 5.02 Å². The average Bonchev–Trinajstić information content (AvgIpc) is 3.10. The number of hydrogen-bond donors (Lipinski definition) is 1. The molecule has 0 aliphatic rings. The first-order valence-electron chi connectivity index (χ1n) is 9.12. The summed E-state index contributed by atoms with van der Waals surface area (Å²) in [6.07, 6.45) is 2.25. The summed E-state index contributed by atoms with van der Waals surface area (Å²) >= 11 is 5.98. The summed E-state index contributed by atoms with van der Waals surface area (Å²) in [6.45, 7) is 0.435. The lowest BCUT2D eigenvalue weighted by atomic mass is 10.1. The van der Waals surface area contributed by atoms with Crippen molar-refractivity contribution in [1.29, 1.82) is 0 Å². The van der Waals surface area contributed by atoms with Crippen LogP contribution in [-0.2, 0) is 13.5 Å². The smallest absolute Gasteiger partial charge is 0.252 e. The molecule has 0 fully saturated rings. The monoisotopic (exact) mass is 408 g/mol. The van der Waals surface area contributed by atoms with Crippen molar-refractivity contribution < 1.29 is 9.18 Å². The maximum atomic E-state index is 13.0. The third kappa shape index (κ3) is 4.12. The Morgan fingerprint density at radius 3 is 2.59 bits per heavy atom. The molecule has 4 rings (SSSR count). The minimum atomic E-state index is -0.275. The highest BCUT2D eigenvalue weighted by atomic mass is 35.5. The van der Waals surface area contributed by atoms with Crippen LogP contribution in [0.4, 0.5) is 4.39 Å². The highest BCUT2D eigenvalue weighted by Crippen LogP contribution is 2.25. The predicted octanol–water partition coefficient (Wildman–Crippen LogP) is 4.40. The number of aromatic nitrogens is 3. The maximum absolute atomic E-state index is 13.0. The largest absolute Gasteiger partial charge is 0.352 e. The number of carbonyl (C=O) groups excluding carboxylic acids is 1. The van der Waals surface area contributed by atoms with Gasteiger partial charge in [0.05, 0.1) is 22.8 Å². The Kier molecular flexibility index (Phi) is 5.27. The molecule has 2 heterocycles. The molecular formula is C22H18ClFN4O. The van der Waals surface area contributed by atoms with E-state index in [4.69, 9.17) is 11.6 Å². The van der Waals surface area contributed by atoms with Crippen LogP contribution < -0.4 is 5.32 Å². The van der Waals surface area contributed by atoms with Crippen molar-refractivity contribution in [3.63, 3.8) is 0 Å². The molecule has 0 saturated carbocycles. The third-order valence-corrected chi connectivity index (χ3v) is 4.95. The van der Waals surface area contributed by atoms with Gasteiger partial charge in [0.1, 0.15) is 5.82 Å². The second-order valence-electron chi connectivity index (χ2n) is 6.70. The van der Waals surface area contributed by atoms with Gasteiger partial charge in [-0.3, -0.25) is 9.48 Å². The van der Waals surface area contributed by atoms with Crippen molar-refractivity contribution in [2.75, 3.05) is 6.54 Å². The first-order valence-corrected chi connectivity index (χ1v) is 9.50. The number of amides is 1. The topological polar surface area (TPSA) is 59.8 Å². The van der Waals surface area contributed by atoms with Crippen LogP contribution in [-0.4, -0.2) is 27.2 Å². The van der Waals surface area contributed by atoms with Crippen LogP contribution >= 0.6 is 11.6 Å². The van der Waals surface area contributed by atoms with Gasteiger partial charge in [-0.15, -0.1) is 0 Å². The fraction of sp³-hybridized carbons (Fsp3) is 0.136. The minimum Gasteiger partial charge on any atom is -0.352 e. The molecule has 0 aliphatic heterocycles. The zero-order valence-electron chi connectivity index (χ0n) is 15.7. The van der Waals surface area contributed by atoms with E-state index in [0.717, 1.165) is 11.1 Å². The van der Waals surface area contributed by atoms with Crippen molar-refractivity contribution in [2.45, 2.75) is 6.42 Å². The molecule has 4 aromatic rings. The molecule has 1 N–H and O–H groups in total. The van der Waals surface area contributed by atoms with Gasteiger partial charge in [0.15, 0.2) is 5.65 Å². The van der Waals surface area contributed by atoms with Crippen LogP contribution in [0, 0.1) is 5.82 Å². The molecule has 2 aromatic heterocycles. The summed E-state index contributed by atoms with van der Waals surface area (Å²) in [6, 6.07) is 15.3. The summed E-state index contributed by atoms with van der Waals surface area (Å²) in [4.78, 5) is 17.5. The lowest BCUT2D eigenvalue weighted by Crippen LogP contribution is -2.26. The molecule has 146 valence electrons. The van der Waals surface area contributed by atoms with E-state index in [-0.39, 0.29) is 11.7 Å². The lowest BCUT2D eigenvalue weighted by Gasteiger charge is -2.09. The summed E-state index contributed by atoms with van der Waals surface area (Å²) in [5, 5.41) is 8.49. The first kappa shape index (κ1) is 19.1. The van der Waals surface area contributed by atoms with Crippen LogP contribution in [0.25, 0.3) is 22.3 Å². The number of rotatable bonds is 5. The molecule has 7 heteroatoms. The number of fused-ring (bicyclic) bond motifs is 1. The standard InChI is InChI=1S/C22H18ClFN4O/c1-28-21-19(13-26-28)18(12-20(27-21)15-4-6-16(23)7-5-15)22(29)25-11-10-14-2-8-17(24)9-3-14/h2-9,12-13H,10-11H2,1H3,(H,25,29). The number of nitrogens with zero attached hydrogens (tertiary/aromatic N) is 3. The van der Waals surface area contributed by atoms with Gasteiger partial charge in [0.25, 0.3) is 5.91 Å². The number of benzene rings is 2. The van der Waals surface area contributed by atoms with E-state index in [0.29, 0.717) is 40.3 Å². The van der Waals surface area contributed by atoms with E-state index in [1.165, 1.54) is 12.1 Å². The molecule has 0 radical (unpaired) electrons. The molecule has 0 unspecified atom stereocenters. The van der Waals surface area contributed by atoms with Crippen LogP contribution in [0.3, 0.4) is 0 Å². The highest BCUT2D eigenvalue weighted by molar-refractivity contribution is 6.30. The normalized spacial score (nSPS) is 11.0. The predicted molar refractivity (Wildman–Crippen MR) is 111 cm³/mol. The average molecular weight is 409 g/mol. The Hall–Kier alpha value is -3.25. The second kappa shape index (κ2) is 8.01. The van der Waals surface area contributed by atoms with E-state index < -0.39 is 0 Å². The van der Waals surface area contributed by atoms with Gasteiger partial charge >= 0.3 is 0 Å². The number of pyridine rings is 1. The zero-order chi connectivity index (χ0) is 20.4. The summed E-state index contributed by atoms with van der Waals surface area (Å²) in [7, 11) is 1.79. The van der Waals surface area contributed by atoms with Crippen molar-refractivity contribution >= 4 is 28.5 Å². The van der Waals surface area contributed by atoms with Crippen molar-refractivity contribution in [1.82, 2.24) is 20.1 Å². The fourth-order valence-corrected chi connectivity index (χ4v) is 3.26. The Morgan fingerprint density at radius 2 is 1.86 bits per heavy atom. The molecule has 1 amide bonds. The van der Waals surface area contributed by atoms with Crippen molar-refractivity contribution in [2.24, 2.45) is 7.05 Å². The van der Waals surface area contributed by atoms with E-state index in [1.54, 1.807) is 48.3 Å². The van der Waals surface area contributed by atoms with E-state index >= 15 is 0 Å². The Balaban J connectivity index is 1.60. The van der Waals surface area contributed by atoms with Gasteiger partial charge < -0.3 is 5.32 Å². The molecule has 5 nitrogen and oxygen atoms in total. The van der Waals surface area contributed by atoms with Gasteiger partial charge in [-0.05, 0) is 42.3 Å². The lowest BCUT2D eigenvalue weighted by molar-refractivity contribution is 0.0955. The number of carbonyl (C=O) groups is 1. The maximum Gasteiger partial charge on any atom is 0.252 e. The molecule has 2 aromatic carbocycles. The summed E-state index contributed by atoms with van der Waals surface area (Å²) in [5.74, 6) is -0.481. The van der Waals surface area contributed by atoms with Gasteiger partial charge in [-0.2, -0.15) is 5.10 Å². The Bertz CT molecular complexity index is 1170. The molecule has 0 bridgehead atoms. The highest BCUT2D eigenvalue weighted by Gasteiger charge is 2.16. The molecule has 29 heavy (non-hydrogen) atoms. The van der Waals surface area contributed by atoms with Gasteiger partial charge in [-0.25, -0.2) is 9.37 Å². The summed E-state index contributed by atoms with van der Waals surface area (Å²) in [5.41, 5.74) is 3.61. The third-order valence-electron chi connectivity index (χ3n) is 4.70. The van der Waals surface area contributed by atoms with Gasteiger partial charge in [-0.1, -0.05) is 35.9 Å². The van der Waals surface area contributed by atoms with Gasteiger partial charge in [0.2, 0.25) is 0 Å². The minimum absolute atomic E-state index is 0.206. The van der Waals surface area contributed by atoms with E-state index in [2.05, 4.69) is 15.4 Å². The quantitative estimate of drug-likeness (QED) is 0.532. The van der Waals surface area contributed by atoms with Crippen LogP contribution in [0.1, 0.15) is 15.9 Å². The molecule has 0 aliphatic carbocycles. The Labute approximate surface area is 172 Å². The zero-order valence-corrected chi connectivity index (χ0v) is 16.4. The number of aryl methyl sites for hydroxylation is 1. The van der Waals surface area contributed by atoms with Gasteiger partial charge in [0, 0.05) is 24.2 Å². The van der Waals surface area contributed by atoms with Crippen LogP contribution in [0.5, 0.6) is 0 Å². The Morgan fingerprint density at radius 1 is 1.14 bits per heavy atom. The summed E-state index contributed by atoms with van der Waals surface area (Å²) < 4.78 is 14.7. The van der Waals surface area contributed by atoms with Crippen LogP contribution in [0.15, 0.2) is 60.8 Å². The fourth-order valence-electron chi connectivity index (χ4n) is 3.14. The first-order chi connectivity index (χ1) is 14.0. The molecule has 0 atom stereocenters. The van der Waals surface area contributed by atoms with Crippen molar-refractivity contribution in [3.8, 4) is 11.3 Å². The number of nitrogens with one attached hydrogen (secondary N) is 1. The van der Waals surface area contributed by atoms with E-state index in [1.807, 2.05) is 12.1 Å². The molecule has 0 spiro atoms. The second-order valence-corrected chi connectivity index (χ2v) is 7.14. The number of halogens is 2.